The normalized spacial score (nSPS) is 13.6. The number of benzene rings is 7. The molecule has 0 bridgehead atoms. The topological polar surface area (TPSA) is 56.7 Å². The van der Waals surface area contributed by atoms with Gasteiger partial charge in [-0.3, -0.25) is 0 Å². The second-order valence-corrected chi connectivity index (χ2v) is 11.9. The Balaban J connectivity index is 1.25. The maximum absolute atomic E-state index is 9.77. The lowest BCUT2D eigenvalue weighted by atomic mass is 9.97. The van der Waals surface area contributed by atoms with Gasteiger partial charge in [0.15, 0.2) is 17.5 Å². The minimum Gasteiger partial charge on any atom is -0.456 e. The first-order valence-corrected chi connectivity index (χ1v) is 16.1. The Hall–Kier alpha value is -6.85. The molecule has 0 aliphatic carbocycles. The largest absolute Gasteiger partial charge is 0.456 e. The van der Waals surface area contributed by atoms with Crippen molar-refractivity contribution in [2.24, 2.45) is 0 Å². The molecule has 0 N–H and O–H groups in total. The van der Waals surface area contributed by atoms with E-state index in [1.54, 1.807) is 47.0 Å². The number of furan rings is 1. The Labute approximate surface area is 297 Å². The van der Waals surface area contributed by atoms with E-state index in [9.17, 15) is 4.11 Å². The number of aromatic nitrogens is 4. The first-order chi connectivity index (χ1) is 27.7. The Morgan fingerprint density at radius 3 is 1.98 bits per heavy atom. The lowest BCUT2D eigenvalue weighted by molar-refractivity contribution is 0.669. The fourth-order valence-electron chi connectivity index (χ4n) is 6.59. The highest BCUT2D eigenvalue weighted by molar-refractivity contribution is 6.11. The van der Waals surface area contributed by atoms with Gasteiger partial charge >= 0.3 is 0 Å². The van der Waals surface area contributed by atoms with Crippen LogP contribution in [0.2, 0.25) is 0 Å². The molecule has 0 atom stereocenters. The van der Waals surface area contributed by atoms with E-state index in [0.717, 1.165) is 21.9 Å². The monoisotopic (exact) mass is 647 g/mol. The molecule has 3 heterocycles. The Morgan fingerprint density at radius 2 is 1.12 bits per heavy atom. The van der Waals surface area contributed by atoms with Crippen LogP contribution in [0.1, 0.15) is 9.60 Å². The molecule has 0 aliphatic rings. The summed E-state index contributed by atoms with van der Waals surface area (Å²) in [5.41, 5.74) is 4.71. The van der Waals surface area contributed by atoms with E-state index in [-0.39, 0.29) is 63.4 Å². The van der Waals surface area contributed by atoms with Gasteiger partial charge in [0.05, 0.1) is 20.6 Å². The van der Waals surface area contributed by atoms with Crippen molar-refractivity contribution in [3.05, 3.63) is 170 Å². The van der Waals surface area contributed by atoms with Gasteiger partial charge in [0, 0.05) is 43.9 Å². The van der Waals surface area contributed by atoms with Crippen LogP contribution in [0.5, 0.6) is 0 Å². The van der Waals surface area contributed by atoms with Crippen LogP contribution in [0.4, 0.5) is 0 Å². The van der Waals surface area contributed by atoms with E-state index in [4.69, 9.17) is 24.9 Å². The summed E-state index contributed by atoms with van der Waals surface area (Å²) in [6, 6.07) is 37.2. The lowest BCUT2D eigenvalue weighted by Gasteiger charge is -2.12. The molecule has 0 saturated heterocycles. The summed E-state index contributed by atoms with van der Waals surface area (Å²) in [5, 5.41) is 2.21. The molecule has 5 heteroatoms. The van der Waals surface area contributed by atoms with E-state index >= 15 is 0 Å². The van der Waals surface area contributed by atoms with Crippen molar-refractivity contribution in [1.82, 2.24) is 19.5 Å². The van der Waals surface area contributed by atoms with Crippen LogP contribution in [0, 0.1) is 0 Å². The van der Waals surface area contributed by atoms with Crippen molar-refractivity contribution in [2.45, 2.75) is 0 Å². The fourth-order valence-corrected chi connectivity index (χ4v) is 6.59. The zero-order valence-electron chi connectivity index (χ0n) is 33.3. The van der Waals surface area contributed by atoms with Crippen molar-refractivity contribution in [1.29, 1.82) is 0 Å². The van der Waals surface area contributed by atoms with E-state index < -0.39 is 12.1 Å². The van der Waals surface area contributed by atoms with Gasteiger partial charge < -0.3 is 8.98 Å². The number of nitrogens with zero attached hydrogens (tertiary/aromatic N) is 4. The van der Waals surface area contributed by atoms with Gasteiger partial charge in [-0.2, -0.15) is 0 Å². The molecule has 0 aliphatic heterocycles. The van der Waals surface area contributed by atoms with Crippen molar-refractivity contribution in [3.63, 3.8) is 0 Å². The molecule has 234 valence electrons. The second-order valence-electron chi connectivity index (χ2n) is 11.9. The molecule has 50 heavy (non-hydrogen) atoms. The summed E-state index contributed by atoms with van der Waals surface area (Å²) in [5.74, 6) is 1.07. The SMILES string of the molecule is [2H]c1c([2H])c([2H])c2c(c1[2H])c1c([2H])c(-c3ccccc3-c3nc(-c4ccccc4)nc(-c4ccc5c(c4)oc4ccccc45)n3)c([2H])c([2H])c1n2-c1ccccc1. The lowest BCUT2D eigenvalue weighted by Crippen LogP contribution is -2.01. The minimum absolute atomic E-state index is 0.104. The van der Waals surface area contributed by atoms with Crippen molar-refractivity contribution < 1.29 is 14.0 Å². The summed E-state index contributed by atoms with van der Waals surface area (Å²) in [6.45, 7) is 0. The van der Waals surface area contributed by atoms with Crippen LogP contribution >= 0.6 is 0 Å². The zero-order chi connectivity index (χ0) is 39.1. The van der Waals surface area contributed by atoms with Crippen molar-refractivity contribution in [3.8, 4) is 51.0 Å². The van der Waals surface area contributed by atoms with Gasteiger partial charge in [-0.25, -0.2) is 15.0 Å². The highest BCUT2D eigenvalue weighted by atomic mass is 16.3. The Kier molecular flexibility index (Phi) is 4.99. The van der Waals surface area contributed by atoms with E-state index in [1.807, 2.05) is 84.9 Å². The molecule has 0 unspecified atom stereocenters. The number of fused-ring (bicyclic) bond motifs is 6. The number of rotatable bonds is 5. The van der Waals surface area contributed by atoms with Crippen molar-refractivity contribution >= 4 is 43.7 Å². The Morgan fingerprint density at radius 1 is 0.460 bits per heavy atom. The van der Waals surface area contributed by atoms with Gasteiger partial charge in [-0.1, -0.05) is 121 Å². The molecule has 3 aromatic heterocycles. The van der Waals surface area contributed by atoms with E-state index in [2.05, 4.69) is 0 Å². The molecule has 5 nitrogen and oxygen atoms in total. The third kappa shape index (κ3) is 4.60. The summed E-state index contributed by atoms with van der Waals surface area (Å²) in [7, 11) is 0. The number of hydrogen-bond donors (Lipinski definition) is 0. The maximum Gasteiger partial charge on any atom is 0.164 e. The highest BCUT2D eigenvalue weighted by Gasteiger charge is 2.18. The molecule has 10 aromatic rings. The average molecular weight is 648 g/mol. The van der Waals surface area contributed by atoms with Gasteiger partial charge in [0.1, 0.15) is 11.2 Å². The fraction of sp³-hybridized carbons (Fsp3) is 0. The number of hydrogen-bond acceptors (Lipinski definition) is 4. The van der Waals surface area contributed by atoms with Gasteiger partial charge in [0.25, 0.3) is 0 Å². The quantitative estimate of drug-likeness (QED) is 0.186. The van der Waals surface area contributed by atoms with Crippen LogP contribution in [0.15, 0.2) is 174 Å². The van der Waals surface area contributed by atoms with Crippen LogP contribution < -0.4 is 0 Å². The maximum atomic E-state index is 9.77. The minimum atomic E-state index is -0.450. The van der Waals surface area contributed by atoms with Crippen molar-refractivity contribution in [2.75, 3.05) is 0 Å². The van der Waals surface area contributed by atoms with E-state index in [1.165, 1.54) is 0 Å². The smallest absolute Gasteiger partial charge is 0.164 e. The molecule has 0 amide bonds. The molecular weight excluding hydrogens is 613 g/mol. The summed E-state index contributed by atoms with van der Waals surface area (Å²) >= 11 is 0. The van der Waals surface area contributed by atoms with Crippen LogP contribution in [0.25, 0.3) is 94.7 Å². The zero-order valence-corrected chi connectivity index (χ0v) is 26.3. The van der Waals surface area contributed by atoms with Crippen LogP contribution in [0.3, 0.4) is 0 Å². The molecule has 0 fully saturated rings. The second kappa shape index (κ2) is 11.4. The molecule has 7 aromatic carbocycles. The van der Waals surface area contributed by atoms with Crippen LogP contribution in [-0.4, -0.2) is 19.5 Å². The molecule has 0 spiro atoms. The standard InChI is InChI=1S/C45H28N4O/c1-3-13-29(14-4-1)43-46-44(31-23-25-36-35-19-10-12-22-41(35)50-42(36)28-31)48-45(47-43)37-20-8-7-17-33(37)30-24-26-40-38(27-30)34-18-9-11-21-39(34)49(40)32-15-5-2-6-16-32/h1-28H/i9D,11D,18D,21D,24D,26D,27D. The average Bonchev–Trinajstić information content (AvgIpc) is 3.82. The van der Waals surface area contributed by atoms with E-state index in [0.29, 0.717) is 39.6 Å². The van der Waals surface area contributed by atoms with Crippen LogP contribution in [-0.2, 0) is 0 Å². The first-order valence-electron chi connectivity index (χ1n) is 19.6. The van der Waals surface area contributed by atoms with Gasteiger partial charge in [0.2, 0.25) is 0 Å². The molecule has 0 radical (unpaired) electrons. The number of para-hydroxylation sites is 3. The summed E-state index contributed by atoms with van der Waals surface area (Å²) < 4.78 is 71.5. The predicted octanol–water partition coefficient (Wildman–Crippen LogP) is 11.5. The molecule has 0 saturated carbocycles. The third-order valence-electron chi connectivity index (χ3n) is 8.91. The molecular formula is C45H28N4O. The predicted molar refractivity (Wildman–Crippen MR) is 203 cm³/mol. The summed E-state index contributed by atoms with van der Waals surface area (Å²) in [6.07, 6.45) is 0. The Bertz CT molecular complexity index is 3270. The highest BCUT2D eigenvalue weighted by Crippen LogP contribution is 2.38. The first kappa shape index (κ1) is 21.9. The third-order valence-corrected chi connectivity index (χ3v) is 8.91. The molecule has 10 rings (SSSR count). The summed E-state index contributed by atoms with van der Waals surface area (Å²) in [4.78, 5) is 14.9. The van der Waals surface area contributed by atoms with Gasteiger partial charge in [-0.15, -0.1) is 0 Å². The van der Waals surface area contributed by atoms with Gasteiger partial charge in [-0.05, 0) is 59.6 Å².